The van der Waals surface area contributed by atoms with Crippen molar-refractivity contribution in [2.24, 2.45) is 4.99 Å². The summed E-state index contributed by atoms with van der Waals surface area (Å²) in [7, 11) is 0. The molecule has 0 bridgehead atoms. The van der Waals surface area contributed by atoms with Crippen LogP contribution in [0.2, 0.25) is 0 Å². The minimum absolute atomic E-state index is 0.0471. The van der Waals surface area contributed by atoms with Gasteiger partial charge in [-0.1, -0.05) is 0 Å². The van der Waals surface area contributed by atoms with Crippen molar-refractivity contribution < 1.29 is 37.1 Å². The van der Waals surface area contributed by atoms with Crippen molar-refractivity contribution in [3.05, 3.63) is 46.0 Å². The van der Waals surface area contributed by atoms with Crippen LogP contribution in [0.4, 0.5) is 14.5 Å². The molecule has 1 aliphatic rings. The van der Waals surface area contributed by atoms with Crippen molar-refractivity contribution in [3.8, 4) is 5.75 Å². The molecule has 1 unspecified atom stereocenters. The number of halogens is 2. The second-order valence-electron chi connectivity index (χ2n) is 6.25. The molecule has 0 saturated heterocycles. The predicted molar refractivity (Wildman–Crippen MR) is 99.9 cm³/mol. The topological polar surface area (TPSA) is 113 Å². The maximum absolute atomic E-state index is 12.8. The fraction of sp³-hybridized carbons (Fsp3) is 0.263. The van der Waals surface area contributed by atoms with Crippen LogP contribution in [-0.4, -0.2) is 42.7 Å². The van der Waals surface area contributed by atoms with Crippen molar-refractivity contribution in [2.75, 3.05) is 13.2 Å². The smallest absolute Gasteiger partial charge is 0.387 e. The fourth-order valence-corrected chi connectivity index (χ4v) is 3.21. The molecular weight excluding hydrogens is 406 g/mol. The van der Waals surface area contributed by atoms with E-state index in [0.29, 0.717) is 10.9 Å². The Labute approximate surface area is 167 Å². The molecule has 0 saturated carbocycles. The monoisotopic (exact) mass is 420 g/mol. The Bertz CT molecular complexity index is 1190. The van der Waals surface area contributed by atoms with Gasteiger partial charge in [-0.3, -0.25) is 10.1 Å². The van der Waals surface area contributed by atoms with E-state index in [0.717, 1.165) is 0 Å². The number of esters is 1. The summed E-state index contributed by atoms with van der Waals surface area (Å²) in [6, 6.07) is 5.65. The third kappa shape index (κ3) is 3.38. The molecule has 11 heteroatoms. The number of carbonyl (C=O) groups is 1. The van der Waals surface area contributed by atoms with E-state index in [4.69, 9.17) is 13.9 Å². The quantitative estimate of drug-likeness (QED) is 0.338. The van der Waals surface area contributed by atoms with E-state index < -0.39 is 23.5 Å². The van der Waals surface area contributed by atoms with Gasteiger partial charge in [0.1, 0.15) is 12.2 Å². The number of non-ortho nitro benzene ring substituents is 1. The number of ether oxygens (including phenoxy) is 3. The van der Waals surface area contributed by atoms with Gasteiger partial charge in [0.05, 0.1) is 11.5 Å². The second-order valence-corrected chi connectivity index (χ2v) is 6.25. The molecule has 0 N–H and O–H groups in total. The van der Waals surface area contributed by atoms with E-state index in [1.165, 1.54) is 30.3 Å². The Morgan fingerprint density at radius 3 is 2.87 bits per heavy atom. The lowest BCUT2D eigenvalue weighted by Gasteiger charge is -2.08. The number of carbonyl (C=O) groups excluding carboxylic acids is 1. The van der Waals surface area contributed by atoms with Crippen LogP contribution in [0.15, 0.2) is 39.7 Å². The van der Waals surface area contributed by atoms with E-state index in [2.05, 4.69) is 9.73 Å². The normalized spacial score (nSPS) is 16.0. The third-order valence-electron chi connectivity index (χ3n) is 4.43. The van der Waals surface area contributed by atoms with Gasteiger partial charge in [-0.15, -0.1) is 0 Å². The van der Waals surface area contributed by atoms with Crippen LogP contribution in [-0.2, 0) is 14.3 Å². The van der Waals surface area contributed by atoms with Crippen LogP contribution in [0.5, 0.6) is 5.75 Å². The number of fused-ring (bicyclic) bond motifs is 3. The molecule has 0 amide bonds. The zero-order valence-electron chi connectivity index (χ0n) is 15.5. The SMILES string of the molecule is CCOC(=O)C1COC(c2ccc(OC(F)F)c3oc4ccc([N+](=O)[O-])cc4c23)=N1. The van der Waals surface area contributed by atoms with Gasteiger partial charge < -0.3 is 18.6 Å². The largest absolute Gasteiger partial charge is 0.475 e. The summed E-state index contributed by atoms with van der Waals surface area (Å²) >= 11 is 0. The van der Waals surface area contributed by atoms with Crippen molar-refractivity contribution in [3.63, 3.8) is 0 Å². The Hall–Kier alpha value is -3.76. The summed E-state index contributed by atoms with van der Waals surface area (Å²) < 4.78 is 46.3. The molecule has 3 aromatic rings. The molecule has 2 heterocycles. The van der Waals surface area contributed by atoms with Gasteiger partial charge in [0.25, 0.3) is 5.69 Å². The maximum atomic E-state index is 12.8. The lowest BCUT2D eigenvalue weighted by atomic mass is 10.1. The summed E-state index contributed by atoms with van der Waals surface area (Å²) in [6.07, 6.45) is 0. The van der Waals surface area contributed by atoms with Crippen molar-refractivity contribution >= 4 is 39.5 Å². The van der Waals surface area contributed by atoms with Gasteiger partial charge in [0.2, 0.25) is 5.90 Å². The molecule has 156 valence electrons. The molecular formula is C19H14F2N2O7. The minimum atomic E-state index is -3.10. The molecule has 0 fully saturated rings. The van der Waals surface area contributed by atoms with Crippen LogP contribution in [0, 0.1) is 10.1 Å². The third-order valence-corrected chi connectivity index (χ3v) is 4.43. The highest BCUT2D eigenvalue weighted by Crippen LogP contribution is 2.39. The number of hydrogen-bond acceptors (Lipinski definition) is 8. The highest BCUT2D eigenvalue weighted by atomic mass is 19.3. The lowest BCUT2D eigenvalue weighted by Crippen LogP contribution is -2.22. The highest BCUT2D eigenvalue weighted by molar-refractivity contribution is 6.18. The Balaban J connectivity index is 1.92. The number of alkyl halides is 2. The molecule has 4 rings (SSSR count). The van der Waals surface area contributed by atoms with Crippen LogP contribution < -0.4 is 4.74 Å². The van der Waals surface area contributed by atoms with E-state index in [9.17, 15) is 23.7 Å². The molecule has 0 spiro atoms. The lowest BCUT2D eigenvalue weighted by molar-refractivity contribution is -0.384. The number of aliphatic imine (C=N–C) groups is 1. The minimum Gasteiger partial charge on any atom is -0.475 e. The maximum Gasteiger partial charge on any atom is 0.387 e. The van der Waals surface area contributed by atoms with Crippen LogP contribution in [0.1, 0.15) is 12.5 Å². The first-order chi connectivity index (χ1) is 14.4. The van der Waals surface area contributed by atoms with Gasteiger partial charge in [0, 0.05) is 28.5 Å². The van der Waals surface area contributed by atoms with Crippen LogP contribution >= 0.6 is 0 Å². The zero-order valence-corrected chi connectivity index (χ0v) is 15.5. The molecule has 1 atom stereocenters. The summed E-state index contributed by atoms with van der Waals surface area (Å²) in [5.41, 5.74) is 0.282. The van der Waals surface area contributed by atoms with Crippen LogP contribution in [0.3, 0.4) is 0 Å². The van der Waals surface area contributed by atoms with E-state index in [-0.39, 0.29) is 47.1 Å². The van der Waals surface area contributed by atoms with Crippen molar-refractivity contribution in [1.29, 1.82) is 0 Å². The number of nitro groups is 1. The van der Waals surface area contributed by atoms with E-state index in [1.54, 1.807) is 6.92 Å². The number of rotatable bonds is 6. The van der Waals surface area contributed by atoms with E-state index in [1.807, 2.05) is 0 Å². The summed E-state index contributed by atoms with van der Waals surface area (Å²) in [5, 5.41) is 11.7. The molecule has 9 nitrogen and oxygen atoms in total. The number of nitrogens with zero attached hydrogens (tertiary/aromatic N) is 2. The van der Waals surface area contributed by atoms with Gasteiger partial charge in [-0.05, 0) is 25.1 Å². The number of hydrogen-bond donors (Lipinski definition) is 0. The summed E-state index contributed by atoms with van der Waals surface area (Å²) in [4.78, 5) is 26.8. The Morgan fingerprint density at radius 2 is 2.17 bits per heavy atom. The average Bonchev–Trinajstić information content (AvgIpc) is 3.33. The van der Waals surface area contributed by atoms with Gasteiger partial charge >= 0.3 is 12.6 Å². The van der Waals surface area contributed by atoms with Crippen molar-refractivity contribution in [2.45, 2.75) is 19.6 Å². The van der Waals surface area contributed by atoms with Crippen molar-refractivity contribution in [1.82, 2.24) is 0 Å². The molecule has 30 heavy (non-hydrogen) atoms. The summed E-state index contributed by atoms with van der Waals surface area (Å²) in [6.45, 7) is -1.32. The van der Waals surface area contributed by atoms with E-state index >= 15 is 0 Å². The number of furan rings is 1. The van der Waals surface area contributed by atoms with Crippen LogP contribution in [0.25, 0.3) is 21.9 Å². The zero-order chi connectivity index (χ0) is 21.4. The predicted octanol–water partition coefficient (Wildman–Crippen LogP) is 3.80. The second kappa shape index (κ2) is 7.58. The number of benzene rings is 2. The molecule has 1 aliphatic heterocycles. The highest BCUT2D eigenvalue weighted by Gasteiger charge is 2.30. The Morgan fingerprint density at radius 1 is 1.37 bits per heavy atom. The fourth-order valence-electron chi connectivity index (χ4n) is 3.21. The van der Waals surface area contributed by atoms with Gasteiger partial charge in [-0.25, -0.2) is 9.79 Å². The first-order valence-corrected chi connectivity index (χ1v) is 8.85. The summed E-state index contributed by atoms with van der Waals surface area (Å²) in [5.74, 6) is -0.743. The molecule has 0 radical (unpaired) electrons. The van der Waals surface area contributed by atoms with Gasteiger partial charge in [0.15, 0.2) is 17.4 Å². The average molecular weight is 420 g/mol. The number of nitro benzene ring substituents is 1. The first kappa shape index (κ1) is 19.6. The van der Waals surface area contributed by atoms with Gasteiger partial charge in [-0.2, -0.15) is 8.78 Å². The molecule has 2 aromatic carbocycles. The Kier molecular flexibility index (Phi) is 4.94. The molecule has 0 aliphatic carbocycles. The standard InChI is InChI=1S/C19H14F2N2O7/c1-2-27-18(24)12-8-28-17(22-12)10-4-6-14(30-19(20)21)16-15(10)11-7-9(23(25)26)3-5-13(11)29-16/h3-7,12,19H,2,8H2,1H3. The first-order valence-electron chi connectivity index (χ1n) is 8.85. The molecule has 1 aromatic heterocycles.